The summed E-state index contributed by atoms with van der Waals surface area (Å²) in [5.74, 6) is -3.34. The molecule has 1 fully saturated rings. The molecule has 0 amide bonds. The fourth-order valence-corrected chi connectivity index (χ4v) is 4.13. The molecule has 0 heterocycles. The maximum absolute atomic E-state index is 13.1. The highest BCUT2D eigenvalue weighted by molar-refractivity contribution is 5.91. The molecule has 1 saturated carbocycles. The van der Waals surface area contributed by atoms with E-state index in [-0.39, 0.29) is 5.78 Å². The van der Waals surface area contributed by atoms with Crippen LogP contribution in [0.1, 0.15) is 50.5 Å². The fraction of sp³-hybridized carbons (Fsp3) is 0.591. The highest BCUT2D eigenvalue weighted by Crippen LogP contribution is 2.34. The predicted octanol–water partition coefficient (Wildman–Crippen LogP) is 2.23. The zero-order valence-corrected chi connectivity index (χ0v) is 16.8. The molecule has 0 aliphatic heterocycles. The minimum atomic E-state index is -1.00. The van der Waals surface area contributed by atoms with Crippen molar-refractivity contribution in [2.45, 2.75) is 63.5 Å². The largest absolute Gasteiger partial charge is 0.481 e. The summed E-state index contributed by atoms with van der Waals surface area (Å²) in [6.45, 7) is 0.498. The summed E-state index contributed by atoms with van der Waals surface area (Å²) in [6.07, 6.45) is 4.58. The molecule has 0 bridgehead atoms. The SMILES string of the molecule is NCCCC[C@H](N[C@@H](CCc1ccccc1)C(=O)O)C(=O)[C@@H]1CCC[C@H]1C(=O)O. The van der Waals surface area contributed by atoms with Gasteiger partial charge in [-0.25, -0.2) is 0 Å². The summed E-state index contributed by atoms with van der Waals surface area (Å²) in [4.78, 5) is 36.5. The van der Waals surface area contributed by atoms with Crippen molar-refractivity contribution in [3.8, 4) is 0 Å². The fourth-order valence-electron chi connectivity index (χ4n) is 4.13. The number of aryl methyl sites for hydroxylation is 1. The molecule has 29 heavy (non-hydrogen) atoms. The number of aliphatic carboxylic acids is 2. The smallest absolute Gasteiger partial charge is 0.320 e. The first-order valence-corrected chi connectivity index (χ1v) is 10.4. The second kappa shape index (κ2) is 11.7. The van der Waals surface area contributed by atoms with Gasteiger partial charge in [0, 0.05) is 5.92 Å². The molecule has 2 rings (SSSR count). The van der Waals surface area contributed by atoms with Crippen LogP contribution in [0.3, 0.4) is 0 Å². The Labute approximate surface area is 171 Å². The molecular formula is C22H32N2O5. The summed E-state index contributed by atoms with van der Waals surface area (Å²) in [7, 11) is 0. The van der Waals surface area contributed by atoms with Gasteiger partial charge >= 0.3 is 11.9 Å². The van der Waals surface area contributed by atoms with Crippen LogP contribution in [0.2, 0.25) is 0 Å². The summed E-state index contributed by atoms with van der Waals surface area (Å²) in [6, 6.07) is 8.07. The van der Waals surface area contributed by atoms with E-state index in [4.69, 9.17) is 5.73 Å². The van der Waals surface area contributed by atoms with Crippen LogP contribution in [-0.4, -0.2) is 46.6 Å². The lowest BCUT2D eigenvalue weighted by atomic mass is 9.86. The molecule has 160 valence electrons. The number of nitrogens with one attached hydrogen (secondary N) is 1. The van der Waals surface area contributed by atoms with Gasteiger partial charge in [0.25, 0.3) is 0 Å². The van der Waals surface area contributed by atoms with E-state index in [1.54, 1.807) is 0 Å². The Kier molecular flexibility index (Phi) is 9.28. The highest BCUT2D eigenvalue weighted by atomic mass is 16.4. The van der Waals surface area contributed by atoms with Crippen LogP contribution in [0, 0.1) is 11.8 Å². The van der Waals surface area contributed by atoms with E-state index in [9.17, 15) is 24.6 Å². The van der Waals surface area contributed by atoms with Gasteiger partial charge in [0.05, 0.1) is 12.0 Å². The van der Waals surface area contributed by atoms with Crippen LogP contribution in [0.25, 0.3) is 0 Å². The summed E-state index contributed by atoms with van der Waals surface area (Å²) in [5, 5.41) is 22.1. The molecule has 1 aromatic carbocycles. The second-order valence-electron chi connectivity index (χ2n) is 7.80. The Morgan fingerprint density at radius 1 is 1.00 bits per heavy atom. The van der Waals surface area contributed by atoms with Gasteiger partial charge < -0.3 is 15.9 Å². The van der Waals surface area contributed by atoms with Gasteiger partial charge in [0.15, 0.2) is 5.78 Å². The van der Waals surface area contributed by atoms with Crippen LogP contribution in [0.15, 0.2) is 30.3 Å². The molecule has 0 aromatic heterocycles. The van der Waals surface area contributed by atoms with Crippen molar-refractivity contribution in [1.29, 1.82) is 0 Å². The van der Waals surface area contributed by atoms with Crippen molar-refractivity contribution < 1.29 is 24.6 Å². The average Bonchev–Trinajstić information content (AvgIpc) is 3.20. The number of rotatable bonds is 13. The number of carboxylic acids is 2. The number of benzene rings is 1. The number of hydrogen-bond acceptors (Lipinski definition) is 5. The molecule has 7 nitrogen and oxygen atoms in total. The quantitative estimate of drug-likeness (QED) is 0.371. The highest BCUT2D eigenvalue weighted by Gasteiger charge is 2.40. The molecule has 7 heteroatoms. The van der Waals surface area contributed by atoms with E-state index in [1.165, 1.54) is 0 Å². The monoisotopic (exact) mass is 404 g/mol. The first-order chi connectivity index (χ1) is 13.9. The predicted molar refractivity (Wildman–Crippen MR) is 109 cm³/mol. The zero-order chi connectivity index (χ0) is 21.2. The molecular weight excluding hydrogens is 372 g/mol. The molecule has 1 aromatic rings. The standard InChI is InChI=1S/C22H32N2O5/c23-14-5-4-11-18(20(25)16-9-6-10-17(16)21(26)27)24-19(22(28)29)13-12-15-7-2-1-3-8-15/h1-3,7-8,16-19,24H,4-6,9-14,23H2,(H,26,27)(H,28,29)/t16-,17-,18+,19+/m1/s1. The van der Waals surface area contributed by atoms with Crippen molar-refractivity contribution in [1.82, 2.24) is 5.32 Å². The zero-order valence-electron chi connectivity index (χ0n) is 16.8. The number of ketones is 1. The topological polar surface area (TPSA) is 130 Å². The van der Waals surface area contributed by atoms with E-state index in [0.717, 1.165) is 12.0 Å². The van der Waals surface area contributed by atoms with Gasteiger partial charge in [-0.3, -0.25) is 19.7 Å². The molecule has 1 aliphatic carbocycles. The van der Waals surface area contributed by atoms with Gasteiger partial charge in [0.1, 0.15) is 6.04 Å². The van der Waals surface area contributed by atoms with Gasteiger partial charge in [0.2, 0.25) is 0 Å². The van der Waals surface area contributed by atoms with Gasteiger partial charge in [-0.2, -0.15) is 0 Å². The Hall–Kier alpha value is -2.25. The summed E-state index contributed by atoms with van der Waals surface area (Å²) in [5.41, 5.74) is 6.59. The minimum absolute atomic E-state index is 0.169. The second-order valence-corrected chi connectivity index (χ2v) is 7.80. The molecule has 0 radical (unpaired) electrons. The maximum Gasteiger partial charge on any atom is 0.320 e. The third-order valence-corrected chi connectivity index (χ3v) is 5.75. The van der Waals surface area contributed by atoms with Crippen LogP contribution in [0.4, 0.5) is 0 Å². The molecule has 0 saturated heterocycles. The molecule has 0 spiro atoms. The Bertz CT molecular complexity index is 679. The number of Topliss-reactive ketones (excluding diaryl/α,β-unsaturated/α-hetero) is 1. The normalized spacial score (nSPS) is 20.9. The van der Waals surface area contributed by atoms with Crippen molar-refractivity contribution in [2.24, 2.45) is 17.6 Å². The molecule has 0 unspecified atom stereocenters. The molecule has 4 atom stereocenters. The Morgan fingerprint density at radius 3 is 2.31 bits per heavy atom. The number of unbranched alkanes of at least 4 members (excludes halogenated alkanes) is 1. The Balaban J connectivity index is 2.08. The molecule has 1 aliphatic rings. The third-order valence-electron chi connectivity index (χ3n) is 5.75. The maximum atomic E-state index is 13.1. The lowest BCUT2D eigenvalue weighted by molar-refractivity contribution is -0.146. The van der Waals surface area contributed by atoms with E-state index in [0.29, 0.717) is 51.5 Å². The molecule has 5 N–H and O–H groups in total. The number of carboxylic acid groups (broad SMARTS) is 2. The number of nitrogens with two attached hydrogens (primary N) is 1. The number of hydrogen-bond donors (Lipinski definition) is 4. The van der Waals surface area contributed by atoms with Crippen LogP contribution < -0.4 is 11.1 Å². The van der Waals surface area contributed by atoms with Gasteiger partial charge in [-0.1, -0.05) is 43.2 Å². The van der Waals surface area contributed by atoms with E-state index < -0.39 is 35.9 Å². The summed E-state index contributed by atoms with van der Waals surface area (Å²) < 4.78 is 0. The van der Waals surface area contributed by atoms with E-state index >= 15 is 0 Å². The van der Waals surface area contributed by atoms with Crippen molar-refractivity contribution in [2.75, 3.05) is 6.54 Å². The van der Waals surface area contributed by atoms with E-state index in [1.807, 2.05) is 30.3 Å². The average molecular weight is 405 g/mol. The number of carbonyl (C=O) groups excluding carboxylic acids is 1. The van der Waals surface area contributed by atoms with Crippen LogP contribution >= 0.6 is 0 Å². The van der Waals surface area contributed by atoms with Crippen molar-refractivity contribution in [3.05, 3.63) is 35.9 Å². The van der Waals surface area contributed by atoms with Gasteiger partial charge in [-0.05, 0) is 50.6 Å². The first-order valence-electron chi connectivity index (χ1n) is 10.4. The summed E-state index contributed by atoms with van der Waals surface area (Å²) >= 11 is 0. The van der Waals surface area contributed by atoms with E-state index in [2.05, 4.69) is 5.32 Å². The Morgan fingerprint density at radius 2 is 1.69 bits per heavy atom. The van der Waals surface area contributed by atoms with Crippen LogP contribution in [0.5, 0.6) is 0 Å². The lowest BCUT2D eigenvalue weighted by Gasteiger charge is -2.26. The minimum Gasteiger partial charge on any atom is -0.481 e. The first kappa shape index (κ1) is 23.0. The van der Waals surface area contributed by atoms with Gasteiger partial charge in [-0.15, -0.1) is 0 Å². The number of carbonyl (C=O) groups is 3. The van der Waals surface area contributed by atoms with Crippen LogP contribution in [-0.2, 0) is 20.8 Å². The third kappa shape index (κ3) is 6.94. The van der Waals surface area contributed by atoms with Crippen molar-refractivity contribution in [3.63, 3.8) is 0 Å². The lowest BCUT2D eigenvalue weighted by Crippen LogP contribution is -2.50. The van der Waals surface area contributed by atoms with Crippen molar-refractivity contribution >= 4 is 17.7 Å².